The molecule has 0 radical (unpaired) electrons. The minimum absolute atomic E-state index is 0.341. The summed E-state index contributed by atoms with van der Waals surface area (Å²) in [5, 5.41) is 8.29. The van der Waals surface area contributed by atoms with E-state index < -0.39 is 0 Å². The molecule has 0 bridgehead atoms. The third-order valence-corrected chi connectivity index (χ3v) is 7.01. The summed E-state index contributed by atoms with van der Waals surface area (Å²) in [6.45, 7) is 2.81. The van der Waals surface area contributed by atoms with Gasteiger partial charge < -0.3 is 28.8 Å². The largest absolute Gasteiger partial charge is 0.493 e. The second-order valence-electron chi connectivity index (χ2n) is 8.87. The predicted molar refractivity (Wildman–Crippen MR) is 144 cm³/mol. The van der Waals surface area contributed by atoms with E-state index in [-0.39, 0.29) is 0 Å². The first-order valence-electron chi connectivity index (χ1n) is 12.3. The molecule has 3 heterocycles. The third kappa shape index (κ3) is 5.59. The van der Waals surface area contributed by atoms with Crippen LogP contribution in [-0.4, -0.2) is 57.0 Å². The van der Waals surface area contributed by atoms with Crippen LogP contribution >= 0.6 is 12.2 Å². The highest BCUT2D eigenvalue weighted by Crippen LogP contribution is 2.31. The van der Waals surface area contributed by atoms with Crippen LogP contribution < -0.4 is 14.8 Å². The molecule has 0 unspecified atom stereocenters. The normalized spacial score (nSPS) is 13.9. The highest BCUT2D eigenvalue weighted by Gasteiger charge is 2.26. The molecule has 10 heteroatoms. The van der Waals surface area contributed by atoms with Gasteiger partial charge in [-0.3, -0.25) is 0 Å². The van der Waals surface area contributed by atoms with Crippen LogP contribution in [0.4, 0.5) is 0 Å². The van der Waals surface area contributed by atoms with E-state index in [0.29, 0.717) is 36.5 Å². The first-order chi connectivity index (χ1) is 18.2. The number of hydrogen-bond donors (Lipinski definition) is 1. The Kier molecular flexibility index (Phi) is 7.65. The van der Waals surface area contributed by atoms with Gasteiger partial charge >= 0.3 is 0 Å². The minimum atomic E-state index is 0.341. The Morgan fingerprint density at radius 3 is 2.65 bits per heavy atom. The number of nitrogens with one attached hydrogen (secondary N) is 1. The Labute approximate surface area is 221 Å². The van der Waals surface area contributed by atoms with Crippen molar-refractivity contribution in [3.63, 3.8) is 0 Å². The molecule has 5 rings (SSSR count). The van der Waals surface area contributed by atoms with Crippen LogP contribution in [0.2, 0.25) is 0 Å². The second-order valence-corrected chi connectivity index (χ2v) is 9.25. The number of nitrogens with zero attached hydrogens (tertiary/aromatic N) is 5. The molecular formula is C27H30N6O3S. The molecule has 1 N–H and O–H groups in total. The van der Waals surface area contributed by atoms with Gasteiger partial charge in [-0.1, -0.05) is 35.5 Å². The zero-order valence-corrected chi connectivity index (χ0v) is 21.8. The zero-order valence-electron chi connectivity index (χ0n) is 21.0. The van der Waals surface area contributed by atoms with E-state index in [9.17, 15) is 0 Å². The number of imidazole rings is 1. The molecule has 1 saturated heterocycles. The van der Waals surface area contributed by atoms with Crippen molar-refractivity contribution in [3.05, 3.63) is 78.1 Å². The molecule has 1 aliphatic heterocycles. The van der Waals surface area contributed by atoms with Crippen molar-refractivity contribution in [3.8, 4) is 23.0 Å². The Hall–Kier alpha value is -3.92. The first kappa shape index (κ1) is 24.8. The van der Waals surface area contributed by atoms with Gasteiger partial charge in [0.25, 0.3) is 5.89 Å². The zero-order chi connectivity index (χ0) is 25.6. The van der Waals surface area contributed by atoms with Crippen molar-refractivity contribution in [2.45, 2.75) is 31.8 Å². The number of hydrogen-bond acceptors (Lipinski definition) is 7. The summed E-state index contributed by atoms with van der Waals surface area (Å²) < 4.78 is 18.5. The van der Waals surface area contributed by atoms with E-state index in [1.807, 2.05) is 60.9 Å². The SMILES string of the molecule is COc1cccc(CNC(=S)N2CCC(c3nccn3Cc3noc(-c4ccccc4)n3)CC2)c1OC. The number of para-hydroxylation sites is 1. The maximum absolute atomic E-state index is 5.70. The van der Waals surface area contributed by atoms with E-state index in [2.05, 4.69) is 29.9 Å². The molecule has 4 aromatic rings. The first-order valence-corrected chi connectivity index (χ1v) is 12.7. The Morgan fingerprint density at radius 2 is 1.89 bits per heavy atom. The quantitative estimate of drug-likeness (QED) is 0.344. The van der Waals surface area contributed by atoms with Gasteiger partial charge in [-0.15, -0.1) is 0 Å². The summed E-state index contributed by atoms with van der Waals surface area (Å²) in [6.07, 6.45) is 5.74. The Balaban J connectivity index is 1.16. The van der Waals surface area contributed by atoms with E-state index in [1.165, 1.54) is 0 Å². The van der Waals surface area contributed by atoms with Crippen LogP contribution in [0.25, 0.3) is 11.5 Å². The molecule has 0 aliphatic carbocycles. The van der Waals surface area contributed by atoms with E-state index >= 15 is 0 Å². The molecule has 1 aliphatic rings. The number of ether oxygens (including phenoxy) is 2. The van der Waals surface area contributed by atoms with Crippen LogP contribution in [-0.2, 0) is 13.1 Å². The molecule has 1 fully saturated rings. The molecule has 192 valence electrons. The van der Waals surface area contributed by atoms with Gasteiger partial charge in [-0.2, -0.15) is 4.98 Å². The van der Waals surface area contributed by atoms with E-state index in [4.69, 9.17) is 26.2 Å². The highest BCUT2D eigenvalue weighted by molar-refractivity contribution is 7.80. The minimum Gasteiger partial charge on any atom is -0.493 e. The molecule has 2 aromatic heterocycles. The van der Waals surface area contributed by atoms with Gasteiger partial charge in [-0.05, 0) is 43.3 Å². The van der Waals surface area contributed by atoms with Crippen molar-refractivity contribution >= 4 is 17.3 Å². The Bertz CT molecular complexity index is 1330. The van der Waals surface area contributed by atoms with E-state index in [1.54, 1.807) is 14.2 Å². The van der Waals surface area contributed by atoms with Crippen LogP contribution in [0.1, 0.15) is 36.0 Å². The molecule has 0 spiro atoms. The maximum atomic E-state index is 5.70. The summed E-state index contributed by atoms with van der Waals surface area (Å²) in [5.74, 6) is 3.98. The average molecular weight is 519 g/mol. The van der Waals surface area contributed by atoms with Crippen LogP contribution in [0.5, 0.6) is 11.5 Å². The Morgan fingerprint density at radius 1 is 1.08 bits per heavy atom. The summed E-state index contributed by atoms with van der Waals surface area (Å²) >= 11 is 5.70. The third-order valence-electron chi connectivity index (χ3n) is 6.61. The molecule has 0 atom stereocenters. The molecular weight excluding hydrogens is 488 g/mol. The fourth-order valence-corrected chi connectivity index (χ4v) is 4.95. The molecule has 2 aromatic carbocycles. The lowest BCUT2D eigenvalue weighted by molar-refractivity contribution is 0.299. The predicted octanol–water partition coefficient (Wildman–Crippen LogP) is 4.25. The van der Waals surface area contributed by atoms with Gasteiger partial charge in [0.05, 0.1) is 20.8 Å². The number of thiocarbonyl (C=S) groups is 1. The molecule has 9 nitrogen and oxygen atoms in total. The number of benzene rings is 2. The number of methoxy groups -OCH3 is 2. The second kappa shape index (κ2) is 11.4. The summed E-state index contributed by atoms with van der Waals surface area (Å²) in [7, 11) is 3.29. The van der Waals surface area contributed by atoms with E-state index in [0.717, 1.165) is 53.7 Å². The smallest absolute Gasteiger partial charge is 0.257 e. The van der Waals surface area contributed by atoms with Crippen LogP contribution in [0, 0.1) is 0 Å². The fourth-order valence-electron chi connectivity index (χ4n) is 4.70. The number of piperidine rings is 1. The lowest BCUT2D eigenvalue weighted by Crippen LogP contribution is -2.44. The summed E-state index contributed by atoms with van der Waals surface area (Å²) in [4.78, 5) is 11.5. The summed E-state index contributed by atoms with van der Waals surface area (Å²) in [5.41, 5.74) is 1.91. The fraction of sp³-hybridized carbons (Fsp3) is 0.333. The maximum Gasteiger partial charge on any atom is 0.257 e. The van der Waals surface area contributed by atoms with Gasteiger partial charge in [-0.25, -0.2) is 4.98 Å². The van der Waals surface area contributed by atoms with Crippen LogP contribution in [0.15, 0.2) is 65.4 Å². The molecule has 0 saturated carbocycles. The topological polar surface area (TPSA) is 90.5 Å². The lowest BCUT2D eigenvalue weighted by Gasteiger charge is -2.33. The molecule has 0 amide bonds. The average Bonchev–Trinajstić information content (AvgIpc) is 3.62. The highest BCUT2D eigenvalue weighted by atomic mass is 32.1. The monoisotopic (exact) mass is 518 g/mol. The van der Waals surface area contributed by atoms with Crippen molar-refractivity contribution in [1.29, 1.82) is 0 Å². The van der Waals surface area contributed by atoms with Gasteiger partial charge in [0.15, 0.2) is 22.4 Å². The van der Waals surface area contributed by atoms with Gasteiger partial charge in [0.2, 0.25) is 0 Å². The standard InChI is InChI=1S/C27H30N6O3S/c1-34-22-10-6-9-21(24(22)35-2)17-29-27(37)32-14-11-19(12-15-32)25-28-13-16-33(25)18-23-30-26(36-31-23)20-7-4-3-5-8-20/h3-10,13,16,19H,11-12,14-15,17-18H2,1-2H3,(H,29,37). The van der Waals surface area contributed by atoms with Crippen molar-refractivity contribution in [2.24, 2.45) is 0 Å². The van der Waals surface area contributed by atoms with Crippen LogP contribution in [0.3, 0.4) is 0 Å². The van der Waals surface area contributed by atoms with Gasteiger partial charge in [0.1, 0.15) is 5.82 Å². The summed E-state index contributed by atoms with van der Waals surface area (Å²) in [6, 6.07) is 15.6. The number of aromatic nitrogens is 4. The van der Waals surface area contributed by atoms with Crippen molar-refractivity contribution in [2.75, 3.05) is 27.3 Å². The lowest BCUT2D eigenvalue weighted by atomic mass is 9.96. The number of likely N-dealkylation sites (tertiary alicyclic amines) is 1. The molecule has 37 heavy (non-hydrogen) atoms. The van der Waals surface area contributed by atoms with Crippen molar-refractivity contribution in [1.82, 2.24) is 29.9 Å². The van der Waals surface area contributed by atoms with Gasteiger partial charge in [0, 0.05) is 49.1 Å². The number of rotatable bonds is 8. The van der Waals surface area contributed by atoms with Crippen molar-refractivity contribution < 1.29 is 14.0 Å².